The van der Waals surface area contributed by atoms with Gasteiger partial charge in [0.15, 0.2) is 0 Å². The Morgan fingerprint density at radius 1 is 1.00 bits per heavy atom. The predicted octanol–water partition coefficient (Wildman–Crippen LogP) is 7.23. The van der Waals surface area contributed by atoms with Crippen LogP contribution in [-0.4, -0.2) is 15.6 Å². The van der Waals surface area contributed by atoms with Crippen molar-refractivity contribution in [1.29, 1.82) is 0 Å². The van der Waals surface area contributed by atoms with Crippen LogP contribution in [0.25, 0.3) is 5.73 Å². The van der Waals surface area contributed by atoms with Gasteiger partial charge in [0, 0.05) is 9.52 Å². The van der Waals surface area contributed by atoms with Crippen LogP contribution in [0.3, 0.4) is 0 Å². The number of hydrogen-bond donors (Lipinski definition) is 0. The Morgan fingerprint density at radius 2 is 1.46 bits per heavy atom. The van der Waals surface area contributed by atoms with Crippen LogP contribution in [0.5, 0.6) is 0 Å². The van der Waals surface area contributed by atoms with Crippen LogP contribution in [0.4, 0.5) is 0 Å². The fourth-order valence-corrected chi connectivity index (χ4v) is 3.13. The summed E-state index contributed by atoms with van der Waals surface area (Å²) >= 11 is 0. The molecular weight excluding hydrogens is 389 g/mol. The van der Waals surface area contributed by atoms with Gasteiger partial charge in [-0.25, -0.2) is 5.57 Å². The van der Waals surface area contributed by atoms with E-state index in [1.807, 2.05) is 0 Å². The number of halogens is 2. The summed E-state index contributed by atoms with van der Waals surface area (Å²) in [4.78, 5) is 0. The number of rotatable bonds is 2. The van der Waals surface area contributed by atoms with E-state index >= 15 is 0 Å². The van der Waals surface area contributed by atoms with Crippen LogP contribution in [0.2, 0.25) is 12.1 Å². The largest absolute Gasteiger partial charge is 2.00 e. The van der Waals surface area contributed by atoms with E-state index in [1.54, 1.807) is 0 Å². The smallest absolute Gasteiger partial charge is 0.675 e. The van der Waals surface area contributed by atoms with Crippen LogP contribution >= 0.6 is 24.8 Å². The molecule has 0 aliphatic heterocycles. The fraction of sp³-hybridized carbons (Fsp3) is 0.789. The van der Waals surface area contributed by atoms with Gasteiger partial charge in [0.2, 0.25) is 0 Å². The molecule has 0 heterocycles. The van der Waals surface area contributed by atoms with Crippen molar-refractivity contribution in [3.8, 4) is 0 Å². The van der Waals surface area contributed by atoms with Crippen LogP contribution in [0.15, 0.2) is 16.7 Å². The minimum absolute atomic E-state index is 0. The van der Waals surface area contributed by atoms with Gasteiger partial charge in [0.1, 0.15) is 0 Å². The SMILES string of the molecule is CC1=[C-]C(C)C(C)=C1C.CC[SiH]CC.Cl.Cl.[NH-]C1CCCCC1.[Ti+2]. The maximum absolute atomic E-state index is 7.27. The summed E-state index contributed by atoms with van der Waals surface area (Å²) in [5.74, 6) is 0.560. The van der Waals surface area contributed by atoms with Gasteiger partial charge < -0.3 is 5.73 Å². The molecule has 1 fully saturated rings. The molecule has 1 radical (unpaired) electrons. The topological polar surface area (TPSA) is 23.8 Å². The maximum atomic E-state index is 7.27. The van der Waals surface area contributed by atoms with Gasteiger partial charge in [-0.15, -0.1) is 37.8 Å². The van der Waals surface area contributed by atoms with Crippen molar-refractivity contribution in [2.24, 2.45) is 5.92 Å². The summed E-state index contributed by atoms with van der Waals surface area (Å²) in [6.07, 6.45) is 9.63. The molecule has 0 aromatic heterocycles. The van der Waals surface area contributed by atoms with E-state index in [0.717, 1.165) is 22.4 Å². The van der Waals surface area contributed by atoms with E-state index in [2.05, 4.69) is 47.6 Å². The molecule has 1 saturated carbocycles. The van der Waals surface area contributed by atoms with E-state index < -0.39 is 0 Å². The Hall–Kier alpha value is 0.951. The van der Waals surface area contributed by atoms with E-state index in [1.165, 1.54) is 48.1 Å². The third-order valence-corrected chi connectivity index (χ3v) is 5.57. The maximum Gasteiger partial charge on any atom is 2.00 e. The molecule has 1 nitrogen and oxygen atoms in total. The van der Waals surface area contributed by atoms with Crippen LogP contribution < -0.4 is 0 Å². The predicted molar refractivity (Wildman–Crippen MR) is 114 cm³/mol. The third kappa shape index (κ3) is 15.2. The van der Waals surface area contributed by atoms with Crippen molar-refractivity contribution in [3.05, 3.63) is 28.5 Å². The Bertz CT molecular complexity index is 338. The van der Waals surface area contributed by atoms with Gasteiger partial charge in [-0.3, -0.25) is 6.08 Å². The Kier molecular flexibility index (Phi) is 27.5. The Balaban J connectivity index is -0.000000122. The van der Waals surface area contributed by atoms with Crippen LogP contribution in [-0.2, 0) is 21.7 Å². The number of hydrogen-bond acceptors (Lipinski definition) is 0. The van der Waals surface area contributed by atoms with Crippen molar-refractivity contribution in [2.45, 2.75) is 91.8 Å². The molecule has 0 amide bonds. The van der Waals surface area contributed by atoms with Gasteiger partial charge in [-0.05, 0) is 0 Å². The van der Waals surface area contributed by atoms with E-state index in [4.69, 9.17) is 5.73 Å². The molecule has 5 heteroatoms. The standard InChI is InChI=1S/C9H13.C6H12N.C4H11Si.2ClH.Ti/c1-6-5-7(2)9(4)8(6)3;7-6-4-2-1-3-5-6;1-3-5-4-2;;;/h6H,1-4H3;6-7H,1-5H2;5H,3-4H2,1-2H3;2*1H;/q2*-1;;;;+2. The summed E-state index contributed by atoms with van der Waals surface area (Å²) in [6.45, 7) is 13.2. The van der Waals surface area contributed by atoms with Crippen molar-refractivity contribution in [3.63, 3.8) is 0 Å². The summed E-state index contributed by atoms with van der Waals surface area (Å²) in [7, 11) is 0.815. The van der Waals surface area contributed by atoms with Gasteiger partial charge >= 0.3 is 21.7 Å². The molecule has 1 atom stereocenters. The van der Waals surface area contributed by atoms with Gasteiger partial charge in [-0.2, -0.15) is 11.1 Å². The summed E-state index contributed by atoms with van der Waals surface area (Å²) in [5.41, 5.74) is 11.5. The molecule has 0 saturated heterocycles. The van der Waals surface area contributed by atoms with Crippen molar-refractivity contribution < 1.29 is 21.7 Å². The molecule has 0 spiro atoms. The first-order chi connectivity index (χ1) is 9.93. The zero-order valence-electron chi connectivity index (χ0n) is 16.5. The first-order valence-corrected chi connectivity index (χ1v) is 10.4. The second-order valence-electron chi connectivity index (χ2n) is 6.24. The van der Waals surface area contributed by atoms with Crippen molar-refractivity contribution in [2.75, 3.05) is 0 Å². The van der Waals surface area contributed by atoms with Crippen LogP contribution in [0, 0.1) is 12.0 Å². The molecule has 2 aliphatic rings. The molecule has 1 unspecified atom stereocenters. The molecule has 141 valence electrons. The molecular formula is C19H38Cl2NSiTi. The zero-order chi connectivity index (χ0) is 16.3. The fourth-order valence-electron chi connectivity index (χ4n) is 2.55. The average molecular weight is 427 g/mol. The van der Waals surface area contributed by atoms with Crippen LogP contribution in [0.1, 0.15) is 73.6 Å². The van der Waals surface area contributed by atoms with E-state index in [-0.39, 0.29) is 52.6 Å². The van der Waals surface area contributed by atoms with Crippen molar-refractivity contribution in [1.82, 2.24) is 0 Å². The Morgan fingerprint density at radius 3 is 1.58 bits per heavy atom. The summed E-state index contributed by atoms with van der Waals surface area (Å²) in [6, 6.07) is 3.14. The molecule has 24 heavy (non-hydrogen) atoms. The number of nitrogens with one attached hydrogen (secondary N) is 1. The summed E-state index contributed by atoms with van der Waals surface area (Å²) in [5, 5.41) is 0. The molecule has 1 N–H and O–H groups in total. The molecule has 0 bridgehead atoms. The van der Waals surface area contributed by atoms with Gasteiger partial charge in [0.25, 0.3) is 0 Å². The number of allylic oxidation sites excluding steroid dienone is 4. The molecule has 2 aliphatic carbocycles. The molecule has 2 rings (SSSR count). The average Bonchev–Trinajstić information content (AvgIpc) is 2.69. The first-order valence-electron chi connectivity index (χ1n) is 8.74. The zero-order valence-corrected chi connectivity index (χ0v) is 20.8. The van der Waals surface area contributed by atoms with E-state index in [0.29, 0.717) is 5.92 Å². The quantitative estimate of drug-likeness (QED) is 0.328. The van der Waals surface area contributed by atoms with Crippen molar-refractivity contribution >= 4 is 34.3 Å². The first kappa shape index (κ1) is 32.6. The minimum Gasteiger partial charge on any atom is -0.675 e. The normalized spacial score (nSPS) is 19.3. The molecule has 0 aromatic carbocycles. The second kappa shape index (κ2) is 20.3. The van der Waals surface area contributed by atoms with E-state index in [9.17, 15) is 0 Å². The third-order valence-electron chi connectivity index (χ3n) is 4.42. The van der Waals surface area contributed by atoms with Gasteiger partial charge in [0.05, 0.1) is 0 Å². The van der Waals surface area contributed by atoms with Gasteiger partial charge in [-0.1, -0.05) is 84.7 Å². The monoisotopic (exact) mass is 426 g/mol. The summed E-state index contributed by atoms with van der Waals surface area (Å²) < 4.78 is 0. The second-order valence-corrected chi connectivity index (χ2v) is 8.45. The minimum atomic E-state index is 0. The Labute approximate surface area is 181 Å². The molecule has 0 aromatic rings.